The fourth-order valence-electron chi connectivity index (χ4n) is 1.46. The van der Waals surface area contributed by atoms with Crippen LogP contribution in [0.15, 0.2) is 42.3 Å². The van der Waals surface area contributed by atoms with Crippen LogP contribution in [0, 0.1) is 0 Å². The minimum Gasteiger partial charge on any atom is -0.290 e. The van der Waals surface area contributed by atoms with Gasteiger partial charge in [0.25, 0.3) is 0 Å². The van der Waals surface area contributed by atoms with E-state index in [1.165, 1.54) is 11.3 Å². The number of thiazole rings is 1. The summed E-state index contributed by atoms with van der Waals surface area (Å²) in [5.74, 6) is 0. The van der Waals surface area contributed by atoms with E-state index in [1.54, 1.807) is 23.7 Å². The second-order valence-electron chi connectivity index (χ2n) is 2.94. The summed E-state index contributed by atoms with van der Waals surface area (Å²) in [6.07, 6.45) is 7.39. The van der Waals surface area contributed by atoms with E-state index < -0.39 is 0 Å². The van der Waals surface area contributed by atoms with Crippen LogP contribution in [0.25, 0.3) is 16.2 Å². The van der Waals surface area contributed by atoms with Gasteiger partial charge in [-0.1, -0.05) is 0 Å². The summed E-state index contributed by atoms with van der Waals surface area (Å²) in [5.41, 5.74) is 2.34. The monoisotopic (exact) mass is 201 g/mol. The molecule has 0 saturated carbocycles. The van der Waals surface area contributed by atoms with Crippen LogP contribution in [0.5, 0.6) is 0 Å². The first-order chi connectivity index (χ1) is 6.95. The number of fused-ring (bicyclic) bond motifs is 1. The highest BCUT2D eigenvalue weighted by molar-refractivity contribution is 7.15. The SMILES string of the molecule is c1cc(-c2csc3nccn23)ccn1. The van der Waals surface area contributed by atoms with E-state index in [2.05, 4.69) is 19.7 Å². The highest BCUT2D eigenvalue weighted by atomic mass is 32.1. The Kier molecular flexibility index (Phi) is 1.61. The number of rotatable bonds is 1. The molecule has 0 N–H and O–H groups in total. The summed E-state index contributed by atoms with van der Waals surface area (Å²) in [5, 5.41) is 2.11. The van der Waals surface area contributed by atoms with Gasteiger partial charge >= 0.3 is 0 Å². The quantitative estimate of drug-likeness (QED) is 0.605. The van der Waals surface area contributed by atoms with Crippen molar-refractivity contribution in [3.05, 3.63) is 42.3 Å². The van der Waals surface area contributed by atoms with Gasteiger partial charge < -0.3 is 0 Å². The van der Waals surface area contributed by atoms with Crippen molar-refractivity contribution in [1.29, 1.82) is 0 Å². The predicted molar refractivity (Wildman–Crippen MR) is 56.3 cm³/mol. The van der Waals surface area contributed by atoms with Gasteiger partial charge in [-0.05, 0) is 12.1 Å². The Morgan fingerprint density at radius 1 is 1.14 bits per heavy atom. The molecule has 14 heavy (non-hydrogen) atoms. The average Bonchev–Trinajstić information content (AvgIpc) is 2.79. The molecule has 0 aliphatic carbocycles. The summed E-state index contributed by atoms with van der Waals surface area (Å²) >= 11 is 1.65. The van der Waals surface area contributed by atoms with Gasteiger partial charge in [-0.2, -0.15) is 0 Å². The molecule has 0 fully saturated rings. The number of nitrogens with zero attached hydrogens (tertiary/aromatic N) is 3. The summed E-state index contributed by atoms with van der Waals surface area (Å²) in [7, 11) is 0. The van der Waals surface area contributed by atoms with Crippen molar-refractivity contribution in [3.8, 4) is 11.3 Å². The lowest BCUT2D eigenvalue weighted by Crippen LogP contribution is -1.83. The Balaban J connectivity index is 2.28. The highest BCUT2D eigenvalue weighted by Crippen LogP contribution is 2.24. The maximum Gasteiger partial charge on any atom is 0.194 e. The van der Waals surface area contributed by atoms with Crippen molar-refractivity contribution in [2.45, 2.75) is 0 Å². The first-order valence-electron chi connectivity index (χ1n) is 4.26. The van der Waals surface area contributed by atoms with E-state index in [1.807, 2.05) is 24.5 Å². The largest absolute Gasteiger partial charge is 0.290 e. The van der Waals surface area contributed by atoms with E-state index in [0.29, 0.717) is 0 Å². The molecule has 0 aliphatic heterocycles. The summed E-state index contributed by atoms with van der Waals surface area (Å²) in [4.78, 5) is 9.26. The van der Waals surface area contributed by atoms with E-state index in [0.717, 1.165) is 4.96 Å². The van der Waals surface area contributed by atoms with Crippen molar-refractivity contribution in [2.75, 3.05) is 0 Å². The average molecular weight is 201 g/mol. The van der Waals surface area contributed by atoms with Gasteiger partial charge in [-0.15, -0.1) is 11.3 Å². The van der Waals surface area contributed by atoms with E-state index in [-0.39, 0.29) is 0 Å². The maximum absolute atomic E-state index is 4.23. The predicted octanol–water partition coefficient (Wildman–Crippen LogP) is 2.46. The van der Waals surface area contributed by atoms with Gasteiger partial charge in [-0.3, -0.25) is 9.38 Å². The van der Waals surface area contributed by atoms with Crippen molar-refractivity contribution in [2.24, 2.45) is 0 Å². The molecular weight excluding hydrogens is 194 g/mol. The maximum atomic E-state index is 4.23. The fourth-order valence-corrected chi connectivity index (χ4v) is 2.32. The topological polar surface area (TPSA) is 30.2 Å². The Morgan fingerprint density at radius 2 is 2.00 bits per heavy atom. The van der Waals surface area contributed by atoms with Crippen molar-refractivity contribution < 1.29 is 0 Å². The third kappa shape index (κ3) is 1.04. The second kappa shape index (κ2) is 2.92. The van der Waals surface area contributed by atoms with Crippen LogP contribution in [-0.4, -0.2) is 14.4 Å². The van der Waals surface area contributed by atoms with Crippen molar-refractivity contribution in [3.63, 3.8) is 0 Å². The molecule has 4 heteroatoms. The zero-order chi connectivity index (χ0) is 9.38. The molecule has 3 heterocycles. The van der Waals surface area contributed by atoms with E-state index in [4.69, 9.17) is 0 Å². The number of hydrogen-bond donors (Lipinski definition) is 0. The fraction of sp³-hybridized carbons (Fsp3) is 0. The normalized spacial score (nSPS) is 10.9. The van der Waals surface area contributed by atoms with Crippen LogP contribution in [0.3, 0.4) is 0 Å². The van der Waals surface area contributed by atoms with Crippen LogP contribution < -0.4 is 0 Å². The summed E-state index contributed by atoms with van der Waals surface area (Å²) in [6, 6.07) is 4.00. The lowest BCUT2D eigenvalue weighted by Gasteiger charge is -1.97. The Bertz CT molecular complexity index is 553. The van der Waals surface area contributed by atoms with E-state index in [9.17, 15) is 0 Å². The molecule has 0 radical (unpaired) electrons. The molecule has 0 atom stereocenters. The van der Waals surface area contributed by atoms with Crippen LogP contribution >= 0.6 is 11.3 Å². The number of hydrogen-bond acceptors (Lipinski definition) is 3. The smallest absolute Gasteiger partial charge is 0.194 e. The molecule has 3 aromatic rings. The van der Waals surface area contributed by atoms with Gasteiger partial charge in [0.15, 0.2) is 4.96 Å². The molecular formula is C10H7N3S. The number of aromatic nitrogens is 3. The molecule has 0 bridgehead atoms. The van der Waals surface area contributed by atoms with Gasteiger partial charge in [0, 0.05) is 35.7 Å². The molecule has 0 unspecified atom stereocenters. The van der Waals surface area contributed by atoms with Gasteiger partial charge in [-0.25, -0.2) is 4.98 Å². The lowest BCUT2D eigenvalue weighted by molar-refractivity contribution is 1.22. The second-order valence-corrected chi connectivity index (χ2v) is 3.77. The highest BCUT2D eigenvalue weighted by Gasteiger charge is 2.04. The third-order valence-corrected chi connectivity index (χ3v) is 2.97. The zero-order valence-corrected chi connectivity index (χ0v) is 8.11. The Labute approximate surface area is 84.7 Å². The first kappa shape index (κ1) is 7.70. The minimum absolute atomic E-state index is 1.02. The van der Waals surface area contributed by atoms with Crippen LogP contribution in [0.4, 0.5) is 0 Å². The summed E-state index contributed by atoms with van der Waals surface area (Å²) < 4.78 is 2.08. The van der Waals surface area contributed by atoms with Gasteiger partial charge in [0.05, 0.1) is 5.69 Å². The third-order valence-electron chi connectivity index (χ3n) is 2.12. The molecule has 3 aromatic heterocycles. The van der Waals surface area contributed by atoms with Crippen molar-refractivity contribution in [1.82, 2.24) is 14.4 Å². The first-order valence-corrected chi connectivity index (χ1v) is 5.14. The standard InChI is InChI=1S/C10H7N3S/c1-3-11-4-2-8(1)9-7-14-10-12-5-6-13(9)10/h1-7H. The molecule has 0 aromatic carbocycles. The Hall–Kier alpha value is -1.68. The molecule has 0 aliphatic rings. The minimum atomic E-state index is 1.02. The lowest BCUT2D eigenvalue weighted by atomic mass is 10.2. The molecule has 0 saturated heterocycles. The molecule has 0 amide bonds. The van der Waals surface area contributed by atoms with Gasteiger partial charge in [0.2, 0.25) is 0 Å². The summed E-state index contributed by atoms with van der Waals surface area (Å²) in [6.45, 7) is 0. The van der Waals surface area contributed by atoms with E-state index >= 15 is 0 Å². The molecule has 3 rings (SSSR count). The van der Waals surface area contributed by atoms with Crippen molar-refractivity contribution >= 4 is 16.3 Å². The molecule has 3 nitrogen and oxygen atoms in total. The molecule has 68 valence electrons. The number of imidazole rings is 1. The van der Waals surface area contributed by atoms with Crippen LogP contribution in [0.1, 0.15) is 0 Å². The molecule has 0 spiro atoms. The Morgan fingerprint density at radius 3 is 2.86 bits per heavy atom. The van der Waals surface area contributed by atoms with Gasteiger partial charge in [0.1, 0.15) is 0 Å². The van der Waals surface area contributed by atoms with Crippen LogP contribution in [-0.2, 0) is 0 Å². The van der Waals surface area contributed by atoms with Crippen LogP contribution in [0.2, 0.25) is 0 Å². The zero-order valence-electron chi connectivity index (χ0n) is 7.29. The number of pyridine rings is 1.